The van der Waals surface area contributed by atoms with Crippen LogP contribution in [0.2, 0.25) is 0 Å². The molecule has 0 radical (unpaired) electrons. The summed E-state index contributed by atoms with van der Waals surface area (Å²) in [6.07, 6.45) is 5.50. The van der Waals surface area contributed by atoms with Crippen molar-refractivity contribution >= 4 is 6.08 Å². The summed E-state index contributed by atoms with van der Waals surface area (Å²) >= 11 is 0. The molecule has 0 heterocycles. The average Bonchev–Trinajstić information content (AvgIpc) is 2.87. The second-order valence-electron chi connectivity index (χ2n) is 4.39. The van der Waals surface area contributed by atoms with Crippen LogP contribution >= 0.6 is 0 Å². The third-order valence-electron chi connectivity index (χ3n) is 3.29. The van der Waals surface area contributed by atoms with E-state index in [2.05, 4.69) is 54.6 Å². The van der Waals surface area contributed by atoms with Crippen molar-refractivity contribution in [2.75, 3.05) is 0 Å². The second-order valence-corrected chi connectivity index (χ2v) is 4.39. The maximum absolute atomic E-state index is 5.70. The summed E-state index contributed by atoms with van der Waals surface area (Å²) in [6, 6.07) is 15.0. The Labute approximate surface area is 102 Å². The van der Waals surface area contributed by atoms with Gasteiger partial charge in [0.1, 0.15) is 0 Å². The highest BCUT2D eigenvalue weighted by molar-refractivity contribution is 5.79. The molecule has 0 unspecified atom stereocenters. The second kappa shape index (κ2) is 4.19. The molecular formula is C16H15N. The maximum Gasteiger partial charge on any atom is 0.0178 e. The van der Waals surface area contributed by atoms with Crippen molar-refractivity contribution in [2.45, 2.75) is 13.0 Å². The maximum atomic E-state index is 5.70. The van der Waals surface area contributed by atoms with Crippen molar-refractivity contribution in [1.82, 2.24) is 0 Å². The van der Waals surface area contributed by atoms with Crippen LogP contribution in [0.1, 0.15) is 16.7 Å². The topological polar surface area (TPSA) is 26.0 Å². The normalized spacial score (nSPS) is 12.8. The van der Waals surface area contributed by atoms with Gasteiger partial charge in [-0.1, -0.05) is 48.6 Å². The fraction of sp³-hybridized carbons (Fsp3) is 0.125. The van der Waals surface area contributed by atoms with Gasteiger partial charge < -0.3 is 5.73 Å². The summed E-state index contributed by atoms with van der Waals surface area (Å²) in [5.74, 6) is 0. The number of benzene rings is 2. The third-order valence-corrected chi connectivity index (χ3v) is 3.29. The van der Waals surface area contributed by atoms with Crippen molar-refractivity contribution in [1.29, 1.82) is 0 Å². The molecule has 0 fully saturated rings. The van der Waals surface area contributed by atoms with E-state index in [1.807, 2.05) is 0 Å². The van der Waals surface area contributed by atoms with E-state index in [0.717, 1.165) is 6.42 Å². The first kappa shape index (κ1) is 10.3. The smallest absolute Gasteiger partial charge is 0.0178 e. The van der Waals surface area contributed by atoms with Crippen LogP contribution in [-0.4, -0.2) is 0 Å². The van der Waals surface area contributed by atoms with Crippen LogP contribution in [0, 0.1) is 0 Å². The van der Waals surface area contributed by atoms with Gasteiger partial charge >= 0.3 is 0 Å². The molecule has 2 aromatic carbocycles. The molecule has 0 saturated carbocycles. The van der Waals surface area contributed by atoms with E-state index in [4.69, 9.17) is 5.73 Å². The highest BCUT2D eigenvalue weighted by atomic mass is 14.5. The lowest BCUT2D eigenvalue weighted by Gasteiger charge is -2.09. The molecule has 1 nitrogen and oxygen atoms in total. The predicted octanol–water partition coefficient (Wildman–Crippen LogP) is 3.38. The van der Waals surface area contributed by atoms with E-state index >= 15 is 0 Å². The van der Waals surface area contributed by atoms with Crippen LogP contribution < -0.4 is 5.73 Å². The Hall–Kier alpha value is -1.86. The molecule has 1 aliphatic rings. The van der Waals surface area contributed by atoms with Gasteiger partial charge in [-0.15, -0.1) is 0 Å². The van der Waals surface area contributed by atoms with Crippen LogP contribution in [0.15, 0.2) is 48.5 Å². The molecule has 0 saturated heterocycles. The molecule has 0 atom stereocenters. The van der Waals surface area contributed by atoms with Crippen molar-refractivity contribution in [3.8, 4) is 11.1 Å². The fourth-order valence-corrected chi connectivity index (χ4v) is 2.41. The van der Waals surface area contributed by atoms with Crippen LogP contribution in [0.3, 0.4) is 0 Å². The molecule has 17 heavy (non-hydrogen) atoms. The largest absolute Gasteiger partial charge is 0.326 e. The van der Waals surface area contributed by atoms with Gasteiger partial charge in [-0.25, -0.2) is 0 Å². The summed E-state index contributed by atoms with van der Waals surface area (Å²) in [7, 11) is 0. The first-order valence-electron chi connectivity index (χ1n) is 5.96. The minimum absolute atomic E-state index is 0.596. The Morgan fingerprint density at radius 2 is 1.94 bits per heavy atom. The SMILES string of the molecule is NCc1cccc(-c2cccc3c2C=CC3)c1. The number of allylic oxidation sites excluding steroid dienone is 1. The first-order chi connectivity index (χ1) is 8.38. The molecule has 2 N–H and O–H groups in total. The van der Waals surface area contributed by atoms with Crippen molar-refractivity contribution in [3.63, 3.8) is 0 Å². The number of nitrogens with two attached hydrogens (primary N) is 1. The Kier molecular flexibility index (Phi) is 2.54. The minimum atomic E-state index is 0.596. The lowest BCUT2D eigenvalue weighted by Crippen LogP contribution is -1.96. The lowest BCUT2D eigenvalue weighted by molar-refractivity contribution is 1.07. The van der Waals surface area contributed by atoms with Crippen LogP contribution in [0.5, 0.6) is 0 Å². The zero-order valence-corrected chi connectivity index (χ0v) is 9.69. The standard InChI is InChI=1S/C16H15N/c17-11-12-4-1-7-14(10-12)16-9-3-6-13-5-2-8-15(13)16/h1-4,6-10H,5,11,17H2. The predicted molar refractivity (Wildman–Crippen MR) is 72.5 cm³/mol. The highest BCUT2D eigenvalue weighted by Crippen LogP contribution is 2.31. The van der Waals surface area contributed by atoms with Crippen molar-refractivity contribution in [2.24, 2.45) is 5.73 Å². The van der Waals surface area contributed by atoms with Crippen LogP contribution in [0.25, 0.3) is 17.2 Å². The number of hydrogen-bond donors (Lipinski definition) is 1. The van der Waals surface area contributed by atoms with Crippen molar-refractivity contribution < 1.29 is 0 Å². The summed E-state index contributed by atoms with van der Waals surface area (Å²) in [5.41, 5.74) is 12.2. The number of fused-ring (bicyclic) bond motifs is 1. The summed E-state index contributed by atoms with van der Waals surface area (Å²) < 4.78 is 0. The minimum Gasteiger partial charge on any atom is -0.326 e. The molecule has 0 bridgehead atoms. The summed E-state index contributed by atoms with van der Waals surface area (Å²) in [5, 5.41) is 0. The van der Waals surface area contributed by atoms with Crippen LogP contribution in [0.4, 0.5) is 0 Å². The molecule has 0 spiro atoms. The van der Waals surface area contributed by atoms with E-state index < -0.39 is 0 Å². The van der Waals surface area contributed by atoms with Crippen molar-refractivity contribution in [3.05, 3.63) is 65.2 Å². The van der Waals surface area contributed by atoms with E-state index in [1.54, 1.807) is 0 Å². The van der Waals surface area contributed by atoms with Gasteiger partial charge in [-0.2, -0.15) is 0 Å². The summed E-state index contributed by atoms with van der Waals surface area (Å²) in [4.78, 5) is 0. The van der Waals surface area contributed by atoms with Gasteiger partial charge in [-0.05, 0) is 40.3 Å². The Morgan fingerprint density at radius 3 is 2.82 bits per heavy atom. The molecular weight excluding hydrogens is 206 g/mol. The molecule has 3 rings (SSSR count). The highest BCUT2D eigenvalue weighted by Gasteiger charge is 2.10. The Bertz CT molecular complexity index is 582. The van der Waals surface area contributed by atoms with Gasteiger partial charge in [-0.3, -0.25) is 0 Å². The number of hydrogen-bond acceptors (Lipinski definition) is 1. The van der Waals surface area contributed by atoms with Gasteiger partial charge in [0, 0.05) is 6.54 Å². The van der Waals surface area contributed by atoms with E-state index in [9.17, 15) is 0 Å². The Morgan fingerprint density at radius 1 is 1.06 bits per heavy atom. The van der Waals surface area contributed by atoms with Gasteiger partial charge in [0.05, 0.1) is 0 Å². The fourth-order valence-electron chi connectivity index (χ4n) is 2.41. The van der Waals surface area contributed by atoms with Gasteiger partial charge in [0.25, 0.3) is 0 Å². The average molecular weight is 221 g/mol. The molecule has 0 amide bonds. The molecule has 1 aliphatic carbocycles. The quantitative estimate of drug-likeness (QED) is 0.826. The molecule has 1 heteroatoms. The molecule has 84 valence electrons. The van der Waals surface area contributed by atoms with Crippen LogP contribution in [-0.2, 0) is 13.0 Å². The lowest BCUT2D eigenvalue weighted by atomic mass is 9.96. The molecule has 0 aromatic heterocycles. The summed E-state index contributed by atoms with van der Waals surface area (Å²) in [6.45, 7) is 0.596. The zero-order valence-electron chi connectivity index (χ0n) is 9.69. The van der Waals surface area contributed by atoms with Gasteiger partial charge in [0.15, 0.2) is 0 Å². The molecule has 2 aromatic rings. The monoisotopic (exact) mass is 221 g/mol. The molecule has 0 aliphatic heterocycles. The van der Waals surface area contributed by atoms with Gasteiger partial charge in [0.2, 0.25) is 0 Å². The zero-order chi connectivity index (χ0) is 11.7. The van der Waals surface area contributed by atoms with E-state index in [1.165, 1.54) is 27.8 Å². The first-order valence-corrected chi connectivity index (χ1v) is 5.96. The number of rotatable bonds is 2. The van der Waals surface area contributed by atoms with E-state index in [0.29, 0.717) is 6.54 Å². The van der Waals surface area contributed by atoms with E-state index in [-0.39, 0.29) is 0 Å². The third kappa shape index (κ3) is 1.79. The Balaban J connectivity index is 2.15.